The summed E-state index contributed by atoms with van der Waals surface area (Å²) in [6, 6.07) is 2.76. The number of aromatic nitrogens is 3. The van der Waals surface area contributed by atoms with Gasteiger partial charge in [0.25, 0.3) is 5.56 Å². The number of hydrogen-bond donors (Lipinski definition) is 2. The molecule has 0 bridgehead atoms. The van der Waals surface area contributed by atoms with Crippen LogP contribution >= 0.6 is 0 Å². The summed E-state index contributed by atoms with van der Waals surface area (Å²) in [5.41, 5.74) is 1.25. The molecule has 0 atom stereocenters. The average Bonchev–Trinajstić information content (AvgIpc) is 2.16. The minimum Gasteiger partial charge on any atom is -0.493 e. The first-order valence-corrected chi connectivity index (χ1v) is 4.38. The largest absolute Gasteiger partial charge is 0.493 e. The van der Waals surface area contributed by atoms with Crippen molar-refractivity contribution in [2.75, 3.05) is 0 Å². The van der Waals surface area contributed by atoms with Crippen LogP contribution in [-0.4, -0.2) is 20.1 Å². The number of hydrogen-bond acceptors (Lipinski definition) is 4. The summed E-state index contributed by atoms with van der Waals surface area (Å²) < 4.78 is 0. The van der Waals surface area contributed by atoms with Crippen LogP contribution < -0.4 is 5.56 Å². The maximum Gasteiger partial charge on any atom is 0.254 e. The van der Waals surface area contributed by atoms with Gasteiger partial charge in [0.2, 0.25) is 5.88 Å². The summed E-state index contributed by atoms with van der Waals surface area (Å²) in [6.45, 7) is 1.85. The molecule has 2 N–H and O–H groups in total. The molecule has 5 nitrogen and oxygen atoms in total. The van der Waals surface area contributed by atoms with Crippen molar-refractivity contribution in [3.63, 3.8) is 0 Å². The van der Waals surface area contributed by atoms with Crippen LogP contribution in [0.25, 0.3) is 11.4 Å². The Morgan fingerprint density at radius 2 is 2.27 bits per heavy atom. The van der Waals surface area contributed by atoms with Crippen molar-refractivity contribution in [3.05, 3.63) is 40.4 Å². The second-order valence-corrected chi connectivity index (χ2v) is 3.14. The molecule has 2 rings (SSSR count). The fourth-order valence-electron chi connectivity index (χ4n) is 1.31. The number of nitrogens with zero attached hydrogens (tertiary/aromatic N) is 2. The van der Waals surface area contributed by atoms with E-state index >= 15 is 0 Å². The molecule has 0 aliphatic rings. The number of aromatic amines is 1. The Kier molecular flexibility index (Phi) is 2.21. The van der Waals surface area contributed by atoms with Crippen molar-refractivity contribution in [2.45, 2.75) is 6.92 Å². The highest BCUT2D eigenvalue weighted by atomic mass is 16.3. The molecule has 0 aliphatic carbocycles. The third-order valence-electron chi connectivity index (χ3n) is 2.00. The Labute approximate surface area is 85.5 Å². The first-order valence-electron chi connectivity index (χ1n) is 4.38. The molecule has 0 unspecified atom stereocenters. The zero-order valence-corrected chi connectivity index (χ0v) is 8.06. The summed E-state index contributed by atoms with van der Waals surface area (Å²) in [6.07, 6.45) is 3.27. The van der Waals surface area contributed by atoms with Crippen LogP contribution in [0.5, 0.6) is 5.88 Å². The standard InChI is InChI=1S/C10H9N3O2/c1-6-5-11-3-2-7(6)10-12-8(14)4-9(15)13-10/h2-5H,1H3,(H2,12,13,14,15). The predicted octanol–water partition coefficient (Wildman–Crippen LogP) is 0.846. The predicted molar refractivity (Wildman–Crippen MR) is 54.5 cm³/mol. The molecule has 2 aromatic heterocycles. The molecule has 2 heterocycles. The van der Waals surface area contributed by atoms with Crippen molar-refractivity contribution >= 4 is 0 Å². The highest BCUT2D eigenvalue weighted by Gasteiger charge is 2.05. The van der Waals surface area contributed by atoms with Crippen molar-refractivity contribution in [1.82, 2.24) is 15.0 Å². The van der Waals surface area contributed by atoms with Crippen molar-refractivity contribution in [1.29, 1.82) is 0 Å². The van der Waals surface area contributed by atoms with E-state index in [-0.39, 0.29) is 11.4 Å². The van der Waals surface area contributed by atoms with Crippen LogP contribution in [0.2, 0.25) is 0 Å². The van der Waals surface area contributed by atoms with Crippen LogP contribution in [0, 0.1) is 6.92 Å². The second kappa shape index (κ2) is 3.53. The third kappa shape index (κ3) is 1.85. The van der Waals surface area contributed by atoms with E-state index in [9.17, 15) is 9.90 Å². The third-order valence-corrected chi connectivity index (χ3v) is 2.00. The van der Waals surface area contributed by atoms with E-state index in [1.54, 1.807) is 18.5 Å². The van der Waals surface area contributed by atoms with E-state index in [0.29, 0.717) is 5.82 Å². The van der Waals surface area contributed by atoms with Crippen molar-refractivity contribution in [3.8, 4) is 17.3 Å². The molecule has 2 aromatic rings. The van der Waals surface area contributed by atoms with Gasteiger partial charge in [-0.25, -0.2) is 0 Å². The Hall–Kier alpha value is -2.17. The van der Waals surface area contributed by atoms with E-state index < -0.39 is 0 Å². The molecule has 0 saturated heterocycles. The molecule has 15 heavy (non-hydrogen) atoms. The van der Waals surface area contributed by atoms with E-state index in [1.807, 2.05) is 6.92 Å². The van der Waals surface area contributed by atoms with E-state index in [4.69, 9.17) is 0 Å². The molecular weight excluding hydrogens is 194 g/mol. The molecule has 0 saturated carbocycles. The Bertz CT molecular complexity index is 548. The first kappa shape index (κ1) is 9.39. The summed E-state index contributed by atoms with van der Waals surface area (Å²) in [5, 5.41) is 9.20. The minimum absolute atomic E-state index is 0.287. The van der Waals surface area contributed by atoms with Gasteiger partial charge >= 0.3 is 0 Å². The number of H-pyrrole nitrogens is 1. The van der Waals surface area contributed by atoms with Gasteiger partial charge in [0.05, 0.1) is 6.07 Å². The topological polar surface area (TPSA) is 78.9 Å². The molecule has 0 aliphatic heterocycles. The monoisotopic (exact) mass is 203 g/mol. The van der Waals surface area contributed by atoms with Gasteiger partial charge in [0.15, 0.2) is 0 Å². The molecule has 0 amide bonds. The van der Waals surface area contributed by atoms with Crippen LogP contribution in [0.15, 0.2) is 29.3 Å². The highest BCUT2D eigenvalue weighted by Crippen LogP contribution is 2.18. The molecule has 0 radical (unpaired) electrons. The Morgan fingerprint density at radius 3 is 2.93 bits per heavy atom. The molecule has 0 aromatic carbocycles. The lowest BCUT2D eigenvalue weighted by Gasteiger charge is -2.03. The lowest BCUT2D eigenvalue weighted by atomic mass is 10.1. The Balaban J connectivity index is 2.64. The smallest absolute Gasteiger partial charge is 0.254 e. The zero-order valence-electron chi connectivity index (χ0n) is 8.06. The number of nitrogens with one attached hydrogen (secondary N) is 1. The van der Waals surface area contributed by atoms with Gasteiger partial charge in [0.1, 0.15) is 5.82 Å². The van der Waals surface area contributed by atoms with Crippen molar-refractivity contribution < 1.29 is 5.11 Å². The second-order valence-electron chi connectivity index (χ2n) is 3.14. The van der Waals surface area contributed by atoms with Gasteiger partial charge < -0.3 is 10.1 Å². The highest BCUT2D eigenvalue weighted by molar-refractivity contribution is 5.58. The van der Waals surface area contributed by atoms with Gasteiger partial charge in [-0.15, -0.1) is 0 Å². The minimum atomic E-state index is -0.381. The van der Waals surface area contributed by atoms with Gasteiger partial charge in [-0.05, 0) is 18.6 Å². The molecule has 76 valence electrons. The molecular formula is C10H9N3O2. The van der Waals surface area contributed by atoms with Gasteiger partial charge in [-0.2, -0.15) is 4.98 Å². The van der Waals surface area contributed by atoms with Gasteiger partial charge in [0, 0.05) is 18.0 Å². The van der Waals surface area contributed by atoms with Crippen molar-refractivity contribution in [2.24, 2.45) is 0 Å². The summed E-state index contributed by atoms with van der Waals surface area (Å²) in [5.74, 6) is 0.0601. The maximum atomic E-state index is 11.1. The lowest BCUT2D eigenvalue weighted by Crippen LogP contribution is -2.07. The number of aromatic hydroxyl groups is 1. The van der Waals surface area contributed by atoms with Gasteiger partial charge in [-0.1, -0.05) is 0 Å². The summed E-state index contributed by atoms with van der Waals surface area (Å²) in [7, 11) is 0. The van der Waals surface area contributed by atoms with Gasteiger partial charge in [-0.3, -0.25) is 9.78 Å². The number of rotatable bonds is 1. The maximum absolute atomic E-state index is 11.1. The lowest BCUT2D eigenvalue weighted by molar-refractivity contribution is 0.452. The molecule has 0 fully saturated rings. The average molecular weight is 203 g/mol. The number of aryl methyl sites for hydroxylation is 1. The summed E-state index contributed by atoms with van der Waals surface area (Å²) >= 11 is 0. The zero-order chi connectivity index (χ0) is 10.8. The SMILES string of the molecule is Cc1cnccc1-c1nc(O)cc(=O)[nH]1. The first-order chi connectivity index (χ1) is 7.16. The summed E-state index contributed by atoms with van der Waals surface area (Å²) in [4.78, 5) is 21.4. The van der Waals surface area contributed by atoms with Crippen LogP contribution in [0.1, 0.15) is 5.56 Å². The van der Waals surface area contributed by atoms with E-state index in [1.165, 1.54) is 0 Å². The fourth-order valence-corrected chi connectivity index (χ4v) is 1.31. The van der Waals surface area contributed by atoms with Crippen LogP contribution in [0.4, 0.5) is 0 Å². The normalized spacial score (nSPS) is 10.2. The van der Waals surface area contributed by atoms with E-state index in [2.05, 4.69) is 15.0 Å². The fraction of sp³-hybridized carbons (Fsp3) is 0.100. The Morgan fingerprint density at radius 1 is 1.47 bits per heavy atom. The molecule has 0 spiro atoms. The molecule has 5 heteroatoms. The van der Waals surface area contributed by atoms with E-state index in [0.717, 1.165) is 17.2 Å². The quantitative estimate of drug-likeness (QED) is 0.720. The van der Waals surface area contributed by atoms with Crippen LogP contribution in [0.3, 0.4) is 0 Å². The number of pyridine rings is 1. The van der Waals surface area contributed by atoms with Crippen LogP contribution in [-0.2, 0) is 0 Å².